The fraction of sp³-hybridized carbons (Fsp3) is 0.250. The van der Waals surface area contributed by atoms with E-state index in [0.717, 1.165) is 16.8 Å². The minimum absolute atomic E-state index is 0.0404. The van der Waals surface area contributed by atoms with Gasteiger partial charge in [-0.3, -0.25) is 0 Å². The molecule has 140 valence electrons. The molecule has 1 N–H and O–H groups in total. The minimum Gasteiger partial charge on any atom is -0.337 e. The van der Waals surface area contributed by atoms with Gasteiger partial charge in [0.2, 0.25) is 11.7 Å². The smallest absolute Gasteiger partial charge is 0.322 e. The molecule has 0 unspecified atom stereocenters. The molecule has 0 saturated heterocycles. The summed E-state index contributed by atoms with van der Waals surface area (Å²) in [5, 5.41) is 7.53. The first-order valence-electron chi connectivity index (χ1n) is 8.65. The van der Waals surface area contributed by atoms with E-state index in [-0.39, 0.29) is 18.6 Å². The molecule has 0 bridgehead atoms. The molecule has 1 aromatic heterocycles. The zero-order valence-electron chi connectivity index (χ0n) is 15.4. The fourth-order valence-corrected chi connectivity index (χ4v) is 2.63. The van der Waals surface area contributed by atoms with Gasteiger partial charge in [0.25, 0.3) is 0 Å². The van der Waals surface area contributed by atoms with E-state index in [1.807, 2.05) is 57.2 Å². The lowest BCUT2D eigenvalue weighted by Crippen LogP contribution is -2.39. The van der Waals surface area contributed by atoms with Gasteiger partial charge in [-0.15, -0.1) is 0 Å². The standard InChI is InChI=1S/C20H21ClN4O2/c1-13(2)25(20(26)22-17-10-4-14(3)5-11-17)12-18-23-19(24-27-18)15-6-8-16(21)9-7-15/h4-11,13H,12H2,1-3H3,(H,22,26). The van der Waals surface area contributed by atoms with Gasteiger partial charge in [-0.1, -0.05) is 34.5 Å². The molecular weight excluding hydrogens is 364 g/mol. The van der Waals surface area contributed by atoms with Gasteiger partial charge in [0.05, 0.1) is 0 Å². The summed E-state index contributed by atoms with van der Waals surface area (Å²) in [6, 6.07) is 14.6. The quantitative estimate of drug-likeness (QED) is 0.661. The van der Waals surface area contributed by atoms with Crippen molar-refractivity contribution >= 4 is 23.3 Å². The van der Waals surface area contributed by atoms with E-state index >= 15 is 0 Å². The van der Waals surface area contributed by atoms with Gasteiger partial charge in [-0.05, 0) is 57.2 Å². The first kappa shape index (κ1) is 18.9. The van der Waals surface area contributed by atoms with Crippen molar-refractivity contribution in [1.82, 2.24) is 15.0 Å². The number of nitrogens with zero attached hydrogens (tertiary/aromatic N) is 3. The van der Waals surface area contributed by atoms with Gasteiger partial charge < -0.3 is 14.7 Å². The van der Waals surface area contributed by atoms with E-state index < -0.39 is 0 Å². The summed E-state index contributed by atoms with van der Waals surface area (Å²) in [6.45, 7) is 6.09. The highest BCUT2D eigenvalue weighted by molar-refractivity contribution is 6.30. The molecule has 0 fully saturated rings. The third-order valence-corrected chi connectivity index (χ3v) is 4.32. The van der Waals surface area contributed by atoms with E-state index in [0.29, 0.717) is 16.7 Å². The fourth-order valence-electron chi connectivity index (χ4n) is 2.50. The maximum absolute atomic E-state index is 12.7. The molecule has 0 aliphatic heterocycles. The number of aromatic nitrogens is 2. The molecule has 7 heteroatoms. The number of carbonyl (C=O) groups is 1. The zero-order valence-corrected chi connectivity index (χ0v) is 16.2. The molecule has 6 nitrogen and oxygen atoms in total. The third-order valence-electron chi connectivity index (χ3n) is 4.06. The Balaban J connectivity index is 1.71. The van der Waals surface area contributed by atoms with Crippen LogP contribution >= 0.6 is 11.6 Å². The SMILES string of the molecule is Cc1ccc(NC(=O)N(Cc2nc(-c3ccc(Cl)cc3)no2)C(C)C)cc1. The number of amides is 2. The Morgan fingerprint density at radius 3 is 2.44 bits per heavy atom. The van der Waals surface area contributed by atoms with Crippen LogP contribution in [-0.4, -0.2) is 27.1 Å². The molecule has 3 rings (SSSR count). The van der Waals surface area contributed by atoms with Gasteiger partial charge >= 0.3 is 6.03 Å². The molecule has 0 aliphatic carbocycles. The molecular formula is C20H21ClN4O2. The second kappa shape index (κ2) is 8.22. The molecule has 27 heavy (non-hydrogen) atoms. The zero-order chi connectivity index (χ0) is 19.4. The molecule has 0 aliphatic rings. The molecule has 3 aromatic rings. The molecule has 0 atom stereocenters. The number of rotatable bonds is 5. The Bertz CT molecular complexity index is 904. The summed E-state index contributed by atoms with van der Waals surface area (Å²) in [6.07, 6.45) is 0. The van der Waals surface area contributed by atoms with Gasteiger partial charge in [-0.25, -0.2) is 4.79 Å². The number of urea groups is 1. The van der Waals surface area contributed by atoms with Crippen molar-refractivity contribution in [2.24, 2.45) is 0 Å². The minimum atomic E-state index is -0.222. The average Bonchev–Trinajstić information content (AvgIpc) is 3.10. The van der Waals surface area contributed by atoms with E-state index in [2.05, 4.69) is 15.5 Å². The monoisotopic (exact) mass is 384 g/mol. The van der Waals surface area contributed by atoms with Crippen molar-refractivity contribution in [3.05, 3.63) is 65.0 Å². The summed E-state index contributed by atoms with van der Waals surface area (Å²) in [4.78, 5) is 18.7. The van der Waals surface area contributed by atoms with Crippen LogP contribution in [0.3, 0.4) is 0 Å². The van der Waals surface area contributed by atoms with Crippen LogP contribution in [0.15, 0.2) is 53.1 Å². The van der Waals surface area contributed by atoms with Crippen molar-refractivity contribution in [2.75, 3.05) is 5.32 Å². The van der Waals surface area contributed by atoms with Crippen LogP contribution in [-0.2, 0) is 6.54 Å². The van der Waals surface area contributed by atoms with Crippen molar-refractivity contribution in [3.8, 4) is 11.4 Å². The topological polar surface area (TPSA) is 71.3 Å². The summed E-state index contributed by atoms with van der Waals surface area (Å²) in [7, 11) is 0. The van der Waals surface area contributed by atoms with Crippen LogP contribution in [0.4, 0.5) is 10.5 Å². The maximum Gasteiger partial charge on any atom is 0.322 e. The van der Waals surface area contributed by atoms with Crippen molar-refractivity contribution in [2.45, 2.75) is 33.4 Å². The van der Waals surface area contributed by atoms with E-state index in [1.165, 1.54) is 0 Å². The van der Waals surface area contributed by atoms with E-state index in [4.69, 9.17) is 16.1 Å². The Hall–Kier alpha value is -2.86. The lowest BCUT2D eigenvalue weighted by molar-refractivity contribution is 0.182. The summed E-state index contributed by atoms with van der Waals surface area (Å²) in [5.74, 6) is 0.831. The second-order valence-electron chi connectivity index (χ2n) is 6.54. The molecule has 0 radical (unpaired) electrons. The number of benzene rings is 2. The van der Waals surface area contributed by atoms with Crippen LogP contribution in [0.1, 0.15) is 25.3 Å². The van der Waals surface area contributed by atoms with Gasteiger partial charge in [0.1, 0.15) is 6.54 Å². The number of hydrogen-bond acceptors (Lipinski definition) is 4. The molecule has 0 saturated carbocycles. The number of halogens is 1. The van der Waals surface area contributed by atoms with Crippen molar-refractivity contribution in [3.63, 3.8) is 0 Å². The Labute approximate surface area is 163 Å². The highest BCUT2D eigenvalue weighted by Crippen LogP contribution is 2.20. The predicted octanol–water partition coefficient (Wildman–Crippen LogP) is 5.14. The van der Waals surface area contributed by atoms with Gasteiger partial charge in [0.15, 0.2) is 0 Å². The van der Waals surface area contributed by atoms with E-state index in [1.54, 1.807) is 17.0 Å². The molecule has 1 heterocycles. The van der Waals surface area contributed by atoms with E-state index in [9.17, 15) is 4.79 Å². The van der Waals surface area contributed by atoms with Crippen LogP contribution in [0.5, 0.6) is 0 Å². The molecule has 0 spiro atoms. The lowest BCUT2D eigenvalue weighted by Gasteiger charge is -2.25. The molecule has 2 aromatic carbocycles. The summed E-state index contributed by atoms with van der Waals surface area (Å²) >= 11 is 5.90. The van der Waals surface area contributed by atoms with Crippen molar-refractivity contribution in [1.29, 1.82) is 0 Å². The van der Waals surface area contributed by atoms with Crippen molar-refractivity contribution < 1.29 is 9.32 Å². The Morgan fingerprint density at radius 1 is 1.15 bits per heavy atom. The maximum atomic E-state index is 12.7. The summed E-state index contributed by atoms with van der Waals surface area (Å²) in [5.41, 5.74) is 2.67. The lowest BCUT2D eigenvalue weighted by atomic mass is 10.2. The Kier molecular flexibility index (Phi) is 5.76. The number of anilines is 1. The third kappa shape index (κ3) is 4.86. The highest BCUT2D eigenvalue weighted by atomic mass is 35.5. The normalized spacial score (nSPS) is 10.9. The largest absolute Gasteiger partial charge is 0.337 e. The number of hydrogen-bond donors (Lipinski definition) is 1. The number of carbonyl (C=O) groups excluding carboxylic acids is 1. The average molecular weight is 385 g/mol. The van der Waals surface area contributed by atoms with Gasteiger partial charge in [0, 0.05) is 22.3 Å². The number of nitrogens with one attached hydrogen (secondary N) is 1. The van der Waals surface area contributed by atoms with Crippen LogP contribution < -0.4 is 5.32 Å². The Morgan fingerprint density at radius 2 is 1.81 bits per heavy atom. The van der Waals surface area contributed by atoms with Crippen LogP contribution in [0.2, 0.25) is 5.02 Å². The molecule has 2 amide bonds. The summed E-state index contributed by atoms with van der Waals surface area (Å²) < 4.78 is 5.33. The predicted molar refractivity (Wildman–Crippen MR) is 106 cm³/mol. The van der Waals surface area contributed by atoms with Crippen LogP contribution in [0.25, 0.3) is 11.4 Å². The number of aryl methyl sites for hydroxylation is 1. The first-order valence-corrected chi connectivity index (χ1v) is 9.03. The first-order chi connectivity index (χ1) is 12.9. The van der Waals surface area contributed by atoms with Crippen LogP contribution in [0, 0.1) is 6.92 Å². The second-order valence-corrected chi connectivity index (χ2v) is 6.97. The van der Waals surface area contributed by atoms with Gasteiger partial charge in [-0.2, -0.15) is 4.98 Å². The highest BCUT2D eigenvalue weighted by Gasteiger charge is 2.21.